The molecule has 0 saturated carbocycles. The molecule has 0 aliphatic heterocycles. The summed E-state index contributed by atoms with van der Waals surface area (Å²) in [6.07, 6.45) is 3.41. The molecule has 4 heteroatoms. The smallest absolute Gasteiger partial charge is 0.242 e. The molecule has 0 heterocycles. The quantitative estimate of drug-likeness (QED) is 0.704. The Bertz CT molecular complexity index is 430. The lowest BCUT2D eigenvalue weighted by atomic mass is 10.3. The molecule has 0 bridgehead atoms. The molecule has 108 valence electrons. The van der Waals surface area contributed by atoms with Gasteiger partial charge in [0.1, 0.15) is 5.75 Å². The van der Waals surface area contributed by atoms with Crippen molar-refractivity contribution in [3.05, 3.63) is 49.6 Å². The fraction of sp³-hybridized carbons (Fsp3) is 0.312. The molecule has 0 unspecified atom stereocenters. The molecule has 0 fully saturated rings. The maximum absolute atomic E-state index is 12.0. The van der Waals surface area contributed by atoms with Crippen LogP contribution in [0, 0.1) is 0 Å². The first-order valence-electron chi connectivity index (χ1n) is 6.67. The van der Waals surface area contributed by atoms with Crippen LogP contribution < -0.4 is 10.1 Å². The second-order valence-electron chi connectivity index (χ2n) is 4.19. The molecule has 0 aliphatic carbocycles. The number of rotatable bonds is 9. The van der Waals surface area contributed by atoms with Gasteiger partial charge < -0.3 is 15.0 Å². The Morgan fingerprint density at radius 3 is 2.35 bits per heavy atom. The number of anilines is 1. The van der Waals surface area contributed by atoms with Crippen LogP contribution in [0.25, 0.3) is 0 Å². The Balaban J connectivity index is 2.50. The van der Waals surface area contributed by atoms with Crippen molar-refractivity contribution < 1.29 is 9.53 Å². The fourth-order valence-electron chi connectivity index (χ4n) is 1.72. The minimum Gasteiger partial charge on any atom is -0.494 e. The number of carbonyl (C=O) groups is 1. The van der Waals surface area contributed by atoms with E-state index in [2.05, 4.69) is 18.5 Å². The number of hydrogen-bond acceptors (Lipinski definition) is 3. The number of hydrogen-bond donors (Lipinski definition) is 1. The second-order valence-corrected chi connectivity index (χ2v) is 4.19. The van der Waals surface area contributed by atoms with Crippen molar-refractivity contribution in [1.29, 1.82) is 0 Å². The van der Waals surface area contributed by atoms with Gasteiger partial charge in [-0.05, 0) is 31.2 Å². The third-order valence-corrected chi connectivity index (χ3v) is 2.66. The van der Waals surface area contributed by atoms with Crippen molar-refractivity contribution in [2.75, 3.05) is 31.6 Å². The van der Waals surface area contributed by atoms with Gasteiger partial charge in [0.05, 0.1) is 13.2 Å². The molecule has 0 saturated heterocycles. The van der Waals surface area contributed by atoms with E-state index in [9.17, 15) is 4.79 Å². The summed E-state index contributed by atoms with van der Waals surface area (Å²) in [6, 6.07) is 7.54. The van der Waals surface area contributed by atoms with Crippen LogP contribution >= 0.6 is 0 Å². The number of ether oxygens (including phenoxy) is 1. The average Bonchev–Trinajstić information content (AvgIpc) is 2.46. The molecule has 0 spiro atoms. The van der Waals surface area contributed by atoms with Crippen molar-refractivity contribution in [2.24, 2.45) is 0 Å². The summed E-state index contributed by atoms with van der Waals surface area (Å²) >= 11 is 0. The van der Waals surface area contributed by atoms with Crippen molar-refractivity contribution in [2.45, 2.75) is 6.92 Å². The fourth-order valence-corrected chi connectivity index (χ4v) is 1.72. The maximum atomic E-state index is 12.0. The number of nitrogens with zero attached hydrogens (tertiary/aromatic N) is 1. The zero-order valence-corrected chi connectivity index (χ0v) is 12.0. The van der Waals surface area contributed by atoms with Crippen LogP contribution in [0.15, 0.2) is 49.6 Å². The van der Waals surface area contributed by atoms with E-state index < -0.39 is 0 Å². The van der Waals surface area contributed by atoms with Gasteiger partial charge in [0.15, 0.2) is 0 Å². The molecule has 1 aromatic rings. The predicted octanol–water partition coefficient (Wildman–Crippen LogP) is 2.70. The zero-order valence-electron chi connectivity index (χ0n) is 12.0. The molecule has 0 atom stereocenters. The van der Waals surface area contributed by atoms with Gasteiger partial charge in [-0.3, -0.25) is 4.79 Å². The second kappa shape index (κ2) is 8.80. The van der Waals surface area contributed by atoms with Gasteiger partial charge in [0, 0.05) is 18.8 Å². The van der Waals surface area contributed by atoms with Gasteiger partial charge in [0.25, 0.3) is 0 Å². The average molecular weight is 274 g/mol. The Labute approximate surface area is 120 Å². The number of nitrogens with one attached hydrogen (secondary N) is 1. The molecule has 1 aromatic carbocycles. The summed E-state index contributed by atoms with van der Waals surface area (Å²) in [6.45, 7) is 11.2. The van der Waals surface area contributed by atoms with Crippen LogP contribution in [0.4, 0.5) is 5.69 Å². The molecule has 4 nitrogen and oxygen atoms in total. The molecular formula is C16H22N2O2. The summed E-state index contributed by atoms with van der Waals surface area (Å²) < 4.78 is 5.36. The highest BCUT2D eigenvalue weighted by Crippen LogP contribution is 2.15. The van der Waals surface area contributed by atoms with Crippen molar-refractivity contribution in [3.8, 4) is 5.75 Å². The summed E-state index contributed by atoms with van der Waals surface area (Å²) in [5.41, 5.74) is 0.888. The Morgan fingerprint density at radius 2 is 1.85 bits per heavy atom. The van der Waals surface area contributed by atoms with Gasteiger partial charge >= 0.3 is 0 Å². The molecular weight excluding hydrogens is 252 g/mol. The van der Waals surface area contributed by atoms with Crippen LogP contribution in [-0.4, -0.2) is 37.0 Å². The third-order valence-electron chi connectivity index (χ3n) is 2.66. The standard InChI is InChI=1S/C16H22N2O2/c1-4-11-18(12-5-2)16(19)13-17-14-7-9-15(10-8-14)20-6-3/h4-5,7-10,17H,1-2,6,11-13H2,3H3. The van der Waals surface area contributed by atoms with Crippen molar-refractivity contribution >= 4 is 11.6 Å². The van der Waals surface area contributed by atoms with Crippen LogP contribution in [0.3, 0.4) is 0 Å². The lowest BCUT2D eigenvalue weighted by Crippen LogP contribution is -2.35. The van der Waals surface area contributed by atoms with E-state index in [4.69, 9.17) is 4.74 Å². The van der Waals surface area contributed by atoms with E-state index in [1.165, 1.54) is 0 Å². The number of amides is 1. The van der Waals surface area contributed by atoms with Crippen LogP contribution in [0.2, 0.25) is 0 Å². The molecule has 1 rings (SSSR count). The predicted molar refractivity (Wildman–Crippen MR) is 83.1 cm³/mol. The molecule has 0 aliphatic rings. The lowest BCUT2D eigenvalue weighted by molar-refractivity contribution is -0.128. The van der Waals surface area contributed by atoms with Crippen LogP contribution in [0.1, 0.15) is 6.92 Å². The highest BCUT2D eigenvalue weighted by molar-refractivity contribution is 5.81. The van der Waals surface area contributed by atoms with Crippen molar-refractivity contribution in [3.63, 3.8) is 0 Å². The third kappa shape index (κ3) is 5.18. The monoisotopic (exact) mass is 274 g/mol. The largest absolute Gasteiger partial charge is 0.494 e. The van der Waals surface area contributed by atoms with Gasteiger partial charge in [-0.25, -0.2) is 0 Å². The summed E-state index contributed by atoms with van der Waals surface area (Å²) in [5, 5.41) is 3.10. The van der Waals surface area contributed by atoms with Gasteiger partial charge in [-0.1, -0.05) is 12.2 Å². The van der Waals surface area contributed by atoms with E-state index in [-0.39, 0.29) is 12.5 Å². The highest BCUT2D eigenvalue weighted by atomic mass is 16.5. The molecule has 1 amide bonds. The van der Waals surface area contributed by atoms with Gasteiger partial charge in [-0.15, -0.1) is 13.2 Å². The first-order valence-corrected chi connectivity index (χ1v) is 6.67. The maximum Gasteiger partial charge on any atom is 0.242 e. The Kier molecular flexibility index (Phi) is 6.96. The summed E-state index contributed by atoms with van der Waals surface area (Å²) in [5.74, 6) is 0.836. The number of carbonyl (C=O) groups excluding carboxylic acids is 1. The minimum atomic E-state index is 0.0127. The lowest BCUT2D eigenvalue weighted by Gasteiger charge is -2.19. The van der Waals surface area contributed by atoms with Crippen molar-refractivity contribution in [1.82, 2.24) is 4.90 Å². The molecule has 1 N–H and O–H groups in total. The SMILES string of the molecule is C=CCN(CC=C)C(=O)CNc1ccc(OCC)cc1. The zero-order chi connectivity index (χ0) is 14.8. The van der Waals surface area contributed by atoms with E-state index in [1.807, 2.05) is 31.2 Å². The first kappa shape index (κ1) is 15.8. The highest BCUT2D eigenvalue weighted by Gasteiger charge is 2.09. The first-order chi connectivity index (χ1) is 9.71. The number of benzene rings is 1. The van der Waals surface area contributed by atoms with Crippen LogP contribution in [-0.2, 0) is 4.79 Å². The molecule has 0 aromatic heterocycles. The summed E-state index contributed by atoms with van der Waals surface area (Å²) in [4.78, 5) is 13.7. The van der Waals surface area contributed by atoms with E-state index in [0.717, 1.165) is 11.4 Å². The Morgan fingerprint density at radius 1 is 1.25 bits per heavy atom. The Hall–Kier alpha value is -2.23. The van der Waals surface area contributed by atoms with E-state index in [0.29, 0.717) is 19.7 Å². The normalized spacial score (nSPS) is 9.65. The van der Waals surface area contributed by atoms with E-state index >= 15 is 0 Å². The molecule has 0 radical (unpaired) electrons. The summed E-state index contributed by atoms with van der Waals surface area (Å²) in [7, 11) is 0. The van der Waals surface area contributed by atoms with Gasteiger partial charge in [-0.2, -0.15) is 0 Å². The van der Waals surface area contributed by atoms with Crippen LogP contribution in [0.5, 0.6) is 5.75 Å². The topological polar surface area (TPSA) is 41.6 Å². The minimum absolute atomic E-state index is 0.0127. The van der Waals surface area contributed by atoms with Gasteiger partial charge in [0.2, 0.25) is 5.91 Å². The molecule has 20 heavy (non-hydrogen) atoms. The van der Waals surface area contributed by atoms with E-state index in [1.54, 1.807) is 17.1 Å².